The number of nitrogens with zero attached hydrogens (tertiary/aromatic N) is 2. The van der Waals surface area contributed by atoms with Gasteiger partial charge in [-0.2, -0.15) is 5.10 Å². The summed E-state index contributed by atoms with van der Waals surface area (Å²) in [5, 5.41) is 4.17. The van der Waals surface area contributed by atoms with Gasteiger partial charge in [-0.15, -0.1) is 0 Å². The van der Waals surface area contributed by atoms with Crippen molar-refractivity contribution in [2.24, 2.45) is 5.92 Å². The summed E-state index contributed by atoms with van der Waals surface area (Å²) in [5.41, 5.74) is 3.94. The van der Waals surface area contributed by atoms with Gasteiger partial charge in [0.05, 0.1) is 11.8 Å². The molecule has 0 fully saturated rings. The standard InChI is InChI=1S/C17H22N2O2/c1-12(2)9-19-10-16(8-18-19)17(20)21-11-15-6-5-13(3)14(4)7-15/h5-8,10,12H,9,11H2,1-4H3. The van der Waals surface area contributed by atoms with Gasteiger partial charge in [0.2, 0.25) is 0 Å². The Labute approximate surface area is 125 Å². The Hall–Kier alpha value is -2.10. The van der Waals surface area contributed by atoms with Gasteiger partial charge in [-0.3, -0.25) is 4.68 Å². The molecular weight excluding hydrogens is 264 g/mol. The number of carbonyl (C=O) groups excluding carboxylic acids is 1. The first-order valence-electron chi connectivity index (χ1n) is 7.21. The van der Waals surface area contributed by atoms with Gasteiger partial charge in [0.25, 0.3) is 0 Å². The molecule has 0 N–H and O–H groups in total. The highest BCUT2D eigenvalue weighted by Crippen LogP contribution is 2.12. The minimum absolute atomic E-state index is 0.287. The summed E-state index contributed by atoms with van der Waals surface area (Å²) < 4.78 is 7.11. The number of aromatic nitrogens is 2. The minimum Gasteiger partial charge on any atom is -0.457 e. The SMILES string of the molecule is Cc1ccc(COC(=O)c2cnn(CC(C)C)c2)cc1C. The molecule has 1 heterocycles. The van der Waals surface area contributed by atoms with E-state index in [2.05, 4.69) is 32.8 Å². The van der Waals surface area contributed by atoms with Crippen LogP contribution in [0.25, 0.3) is 0 Å². The lowest BCUT2D eigenvalue weighted by Gasteiger charge is -2.06. The van der Waals surface area contributed by atoms with E-state index in [1.54, 1.807) is 17.1 Å². The molecule has 0 amide bonds. The van der Waals surface area contributed by atoms with Gasteiger partial charge in [0.15, 0.2) is 0 Å². The number of carbonyl (C=O) groups is 1. The molecule has 0 spiro atoms. The number of aryl methyl sites for hydroxylation is 2. The second kappa shape index (κ2) is 6.57. The third-order valence-corrected chi connectivity index (χ3v) is 3.36. The Balaban J connectivity index is 1.95. The zero-order chi connectivity index (χ0) is 15.4. The predicted octanol–water partition coefficient (Wildman–Crippen LogP) is 3.51. The third kappa shape index (κ3) is 4.18. The van der Waals surface area contributed by atoms with E-state index in [0.29, 0.717) is 11.5 Å². The number of hydrogen-bond donors (Lipinski definition) is 0. The highest BCUT2D eigenvalue weighted by molar-refractivity contribution is 5.88. The summed E-state index contributed by atoms with van der Waals surface area (Å²) in [7, 11) is 0. The van der Waals surface area contributed by atoms with E-state index in [4.69, 9.17) is 4.74 Å². The van der Waals surface area contributed by atoms with Crippen LogP contribution in [0.4, 0.5) is 0 Å². The summed E-state index contributed by atoms with van der Waals surface area (Å²) in [4.78, 5) is 12.0. The lowest BCUT2D eigenvalue weighted by atomic mass is 10.1. The lowest BCUT2D eigenvalue weighted by Crippen LogP contribution is -2.06. The normalized spacial score (nSPS) is 10.9. The second-order valence-corrected chi connectivity index (χ2v) is 5.84. The molecule has 0 aliphatic rings. The predicted molar refractivity (Wildman–Crippen MR) is 82.1 cm³/mol. The molecular formula is C17H22N2O2. The molecule has 4 heteroatoms. The van der Waals surface area contributed by atoms with Crippen molar-refractivity contribution in [1.29, 1.82) is 0 Å². The average Bonchev–Trinajstić information content (AvgIpc) is 2.87. The van der Waals surface area contributed by atoms with Gasteiger partial charge in [0.1, 0.15) is 6.61 Å². The Bertz CT molecular complexity index is 629. The number of ether oxygens (including phenoxy) is 1. The Morgan fingerprint density at radius 2 is 2.05 bits per heavy atom. The quantitative estimate of drug-likeness (QED) is 0.790. The average molecular weight is 286 g/mol. The third-order valence-electron chi connectivity index (χ3n) is 3.36. The molecule has 0 saturated heterocycles. The smallest absolute Gasteiger partial charge is 0.341 e. The monoisotopic (exact) mass is 286 g/mol. The summed E-state index contributed by atoms with van der Waals surface area (Å²) in [6.07, 6.45) is 3.30. The van der Waals surface area contributed by atoms with Crippen LogP contribution < -0.4 is 0 Å². The van der Waals surface area contributed by atoms with Crippen LogP contribution in [0.1, 0.15) is 40.9 Å². The van der Waals surface area contributed by atoms with Crippen molar-refractivity contribution >= 4 is 5.97 Å². The van der Waals surface area contributed by atoms with E-state index in [9.17, 15) is 4.79 Å². The van der Waals surface area contributed by atoms with Crippen LogP contribution in [0.3, 0.4) is 0 Å². The number of esters is 1. The molecule has 4 nitrogen and oxygen atoms in total. The zero-order valence-corrected chi connectivity index (χ0v) is 13.1. The molecule has 0 radical (unpaired) electrons. The summed E-state index contributed by atoms with van der Waals surface area (Å²) in [6, 6.07) is 6.07. The van der Waals surface area contributed by atoms with Crippen LogP contribution in [0.15, 0.2) is 30.6 Å². The van der Waals surface area contributed by atoms with Crippen molar-refractivity contribution in [3.8, 4) is 0 Å². The Kier molecular flexibility index (Phi) is 4.78. The molecule has 21 heavy (non-hydrogen) atoms. The van der Waals surface area contributed by atoms with Crippen molar-refractivity contribution in [2.75, 3.05) is 0 Å². The highest BCUT2D eigenvalue weighted by atomic mass is 16.5. The van der Waals surface area contributed by atoms with Gasteiger partial charge in [-0.25, -0.2) is 4.79 Å². The van der Waals surface area contributed by atoms with Crippen molar-refractivity contribution in [3.63, 3.8) is 0 Å². The van der Waals surface area contributed by atoms with E-state index in [0.717, 1.165) is 12.1 Å². The largest absolute Gasteiger partial charge is 0.457 e. The number of hydrogen-bond acceptors (Lipinski definition) is 3. The van der Waals surface area contributed by atoms with Crippen LogP contribution in [0.2, 0.25) is 0 Å². The molecule has 0 aliphatic heterocycles. The maximum atomic E-state index is 12.0. The van der Waals surface area contributed by atoms with E-state index in [-0.39, 0.29) is 12.6 Å². The minimum atomic E-state index is -0.330. The first-order chi connectivity index (χ1) is 9.95. The number of benzene rings is 1. The molecule has 1 aromatic heterocycles. The summed E-state index contributed by atoms with van der Waals surface area (Å²) in [5.74, 6) is 0.160. The fourth-order valence-electron chi connectivity index (χ4n) is 2.07. The Morgan fingerprint density at radius 1 is 1.29 bits per heavy atom. The maximum absolute atomic E-state index is 12.0. The van der Waals surface area contributed by atoms with E-state index in [1.807, 2.05) is 18.2 Å². The molecule has 0 bridgehead atoms. The molecule has 0 saturated carbocycles. The van der Waals surface area contributed by atoms with Crippen molar-refractivity contribution in [1.82, 2.24) is 9.78 Å². The molecule has 2 aromatic rings. The van der Waals surface area contributed by atoms with Crippen LogP contribution >= 0.6 is 0 Å². The first-order valence-corrected chi connectivity index (χ1v) is 7.21. The van der Waals surface area contributed by atoms with Crippen LogP contribution in [0.5, 0.6) is 0 Å². The molecule has 112 valence electrons. The summed E-state index contributed by atoms with van der Waals surface area (Å²) in [6.45, 7) is 9.42. The molecule has 1 aromatic carbocycles. The first kappa shape index (κ1) is 15.3. The van der Waals surface area contributed by atoms with E-state index in [1.165, 1.54) is 11.1 Å². The van der Waals surface area contributed by atoms with Crippen molar-refractivity contribution in [3.05, 3.63) is 52.8 Å². The van der Waals surface area contributed by atoms with Gasteiger partial charge in [-0.05, 0) is 36.5 Å². The molecule has 0 aliphatic carbocycles. The van der Waals surface area contributed by atoms with Crippen LogP contribution in [0, 0.1) is 19.8 Å². The van der Waals surface area contributed by atoms with E-state index < -0.39 is 0 Å². The Morgan fingerprint density at radius 3 is 2.71 bits per heavy atom. The molecule has 0 atom stereocenters. The maximum Gasteiger partial charge on any atom is 0.341 e. The summed E-state index contributed by atoms with van der Waals surface area (Å²) >= 11 is 0. The zero-order valence-electron chi connectivity index (χ0n) is 13.1. The fourth-order valence-corrected chi connectivity index (χ4v) is 2.07. The van der Waals surface area contributed by atoms with E-state index >= 15 is 0 Å². The van der Waals surface area contributed by atoms with Gasteiger partial charge >= 0.3 is 5.97 Å². The van der Waals surface area contributed by atoms with Gasteiger partial charge in [-0.1, -0.05) is 32.0 Å². The van der Waals surface area contributed by atoms with Crippen LogP contribution in [-0.4, -0.2) is 15.7 Å². The van der Waals surface area contributed by atoms with Crippen LogP contribution in [-0.2, 0) is 17.9 Å². The topological polar surface area (TPSA) is 44.1 Å². The van der Waals surface area contributed by atoms with Gasteiger partial charge < -0.3 is 4.74 Å². The highest BCUT2D eigenvalue weighted by Gasteiger charge is 2.11. The molecule has 2 rings (SSSR count). The van der Waals surface area contributed by atoms with Gasteiger partial charge in [0, 0.05) is 12.7 Å². The lowest BCUT2D eigenvalue weighted by molar-refractivity contribution is 0.0472. The molecule has 0 unspecified atom stereocenters. The number of rotatable bonds is 5. The fraction of sp³-hybridized carbons (Fsp3) is 0.412. The second-order valence-electron chi connectivity index (χ2n) is 5.84. The van der Waals surface area contributed by atoms with Crippen molar-refractivity contribution in [2.45, 2.75) is 40.8 Å². The van der Waals surface area contributed by atoms with Crippen molar-refractivity contribution < 1.29 is 9.53 Å².